The predicted molar refractivity (Wildman–Crippen MR) is 104 cm³/mol. The number of nitro benzene ring substituents is 1. The third kappa shape index (κ3) is 3.89. The number of nitrogens with zero attached hydrogens (tertiary/aromatic N) is 1. The van der Waals surface area contributed by atoms with Crippen molar-refractivity contribution < 1.29 is 14.1 Å². The molecule has 0 radical (unpaired) electrons. The number of benzene rings is 2. The molecule has 0 saturated carbocycles. The summed E-state index contributed by atoms with van der Waals surface area (Å²) in [4.78, 5) is 23.3. The topological polar surface area (TPSA) is 85.4 Å². The van der Waals surface area contributed by atoms with E-state index in [2.05, 4.69) is 19.2 Å². The Morgan fingerprint density at radius 1 is 1.11 bits per heavy atom. The first-order valence-electron chi connectivity index (χ1n) is 8.75. The third-order valence-corrected chi connectivity index (χ3v) is 4.55. The fourth-order valence-corrected chi connectivity index (χ4v) is 2.89. The van der Waals surface area contributed by atoms with Gasteiger partial charge in [-0.1, -0.05) is 44.2 Å². The molecule has 0 aliphatic carbocycles. The van der Waals surface area contributed by atoms with Gasteiger partial charge in [0, 0.05) is 11.8 Å². The smallest absolute Gasteiger partial charge is 0.291 e. The standard InChI is InChI=1S/C21H20N2O4/c1-3-14(2)15-8-4-6-10-17(15)22-21(24)20-13-12-19(27-20)16-9-5-7-11-18(16)23(25)26/h4-14H,3H2,1-2H3,(H,22,24)/t14-/m1/s1. The largest absolute Gasteiger partial charge is 0.451 e. The Morgan fingerprint density at radius 2 is 1.81 bits per heavy atom. The second-order valence-corrected chi connectivity index (χ2v) is 6.29. The Morgan fingerprint density at radius 3 is 2.56 bits per heavy atom. The van der Waals surface area contributed by atoms with E-state index in [1.54, 1.807) is 24.3 Å². The molecule has 1 amide bonds. The van der Waals surface area contributed by atoms with E-state index >= 15 is 0 Å². The van der Waals surface area contributed by atoms with Gasteiger partial charge >= 0.3 is 0 Å². The van der Waals surface area contributed by atoms with E-state index in [0.29, 0.717) is 11.5 Å². The Kier molecular flexibility index (Phi) is 5.35. The lowest BCUT2D eigenvalue weighted by molar-refractivity contribution is -0.384. The molecule has 0 aliphatic rings. The zero-order valence-corrected chi connectivity index (χ0v) is 15.1. The van der Waals surface area contributed by atoms with Crippen LogP contribution in [0.1, 0.15) is 42.3 Å². The summed E-state index contributed by atoms with van der Waals surface area (Å²) in [6.07, 6.45) is 0.954. The van der Waals surface area contributed by atoms with Gasteiger partial charge in [-0.05, 0) is 42.2 Å². The van der Waals surface area contributed by atoms with Crippen LogP contribution in [0.4, 0.5) is 11.4 Å². The lowest BCUT2D eigenvalue weighted by atomic mass is 9.97. The van der Waals surface area contributed by atoms with Crippen LogP contribution in [0.2, 0.25) is 0 Å². The molecule has 6 nitrogen and oxygen atoms in total. The van der Waals surface area contributed by atoms with Crippen molar-refractivity contribution in [1.82, 2.24) is 0 Å². The molecule has 6 heteroatoms. The summed E-state index contributed by atoms with van der Waals surface area (Å²) < 4.78 is 5.60. The number of nitrogens with one attached hydrogen (secondary N) is 1. The highest BCUT2D eigenvalue weighted by Gasteiger charge is 2.20. The van der Waals surface area contributed by atoms with Crippen LogP contribution >= 0.6 is 0 Å². The lowest BCUT2D eigenvalue weighted by Gasteiger charge is -2.15. The van der Waals surface area contributed by atoms with Gasteiger partial charge in [0.25, 0.3) is 11.6 Å². The molecule has 138 valence electrons. The monoisotopic (exact) mass is 364 g/mol. The van der Waals surface area contributed by atoms with Crippen LogP contribution < -0.4 is 5.32 Å². The molecule has 27 heavy (non-hydrogen) atoms. The first-order valence-corrected chi connectivity index (χ1v) is 8.75. The molecule has 2 aromatic carbocycles. The summed E-state index contributed by atoms with van der Waals surface area (Å²) in [5.74, 6) is 0.293. The van der Waals surface area contributed by atoms with Crippen LogP contribution in [0, 0.1) is 10.1 Å². The third-order valence-electron chi connectivity index (χ3n) is 4.55. The number of hydrogen-bond acceptors (Lipinski definition) is 4. The van der Waals surface area contributed by atoms with Crippen LogP contribution in [0.15, 0.2) is 65.1 Å². The van der Waals surface area contributed by atoms with Crippen molar-refractivity contribution in [3.05, 3.63) is 82.1 Å². The summed E-state index contributed by atoms with van der Waals surface area (Å²) in [7, 11) is 0. The van der Waals surface area contributed by atoms with Crippen LogP contribution in [0.3, 0.4) is 0 Å². The molecule has 1 aromatic heterocycles. The minimum Gasteiger partial charge on any atom is -0.451 e. The van der Waals surface area contributed by atoms with Gasteiger partial charge in [0.05, 0.1) is 10.5 Å². The molecule has 0 unspecified atom stereocenters. The second-order valence-electron chi connectivity index (χ2n) is 6.29. The van der Waals surface area contributed by atoms with E-state index in [9.17, 15) is 14.9 Å². The summed E-state index contributed by atoms with van der Waals surface area (Å²) in [5, 5.41) is 14.1. The van der Waals surface area contributed by atoms with Crippen molar-refractivity contribution in [2.75, 3.05) is 5.32 Å². The molecule has 0 bridgehead atoms. The highest BCUT2D eigenvalue weighted by Crippen LogP contribution is 2.31. The molecule has 1 N–H and O–H groups in total. The van der Waals surface area contributed by atoms with Gasteiger partial charge < -0.3 is 9.73 Å². The van der Waals surface area contributed by atoms with Crippen LogP contribution in [0.25, 0.3) is 11.3 Å². The average Bonchev–Trinajstić information content (AvgIpc) is 3.18. The summed E-state index contributed by atoms with van der Waals surface area (Å²) in [5.41, 5.74) is 2.06. The number of carbonyl (C=O) groups is 1. The molecule has 3 aromatic rings. The van der Waals surface area contributed by atoms with Crippen molar-refractivity contribution in [3.63, 3.8) is 0 Å². The number of rotatable bonds is 6. The van der Waals surface area contributed by atoms with Crippen molar-refractivity contribution in [3.8, 4) is 11.3 Å². The van der Waals surface area contributed by atoms with E-state index < -0.39 is 10.8 Å². The minimum absolute atomic E-state index is 0.0686. The summed E-state index contributed by atoms with van der Waals surface area (Å²) in [6.45, 7) is 4.19. The number of anilines is 1. The van der Waals surface area contributed by atoms with Gasteiger partial charge in [0.15, 0.2) is 5.76 Å². The zero-order chi connectivity index (χ0) is 19.4. The van der Waals surface area contributed by atoms with Crippen molar-refractivity contribution in [2.45, 2.75) is 26.2 Å². The Labute approximate surface area is 157 Å². The van der Waals surface area contributed by atoms with Crippen LogP contribution in [-0.4, -0.2) is 10.8 Å². The fraction of sp³-hybridized carbons (Fsp3) is 0.190. The second kappa shape index (κ2) is 7.86. The van der Waals surface area contributed by atoms with Crippen LogP contribution in [-0.2, 0) is 0 Å². The van der Waals surface area contributed by atoms with Crippen molar-refractivity contribution in [2.24, 2.45) is 0 Å². The number of amides is 1. The van der Waals surface area contributed by atoms with Gasteiger partial charge in [-0.15, -0.1) is 0 Å². The maximum atomic E-state index is 12.6. The number of carbonyl (C=O) groups excluding carboxylic acids is 1. The first-order chi connectivity index (χ1) is 13.0. The highest BCUT2D eigenvalue weighted by molar-refractivity contribution is 6.03. The van der Waals surface area contributed by atoms with Gasteiger partial charge in [-0.2, -0.15) is 0 Å². The quantitative estimate of drug-likeness (QED) is 0.454. The van der Waals surface area contributed by atoms with Crippen LogP contribution in [0.5, 0.6) is 0 Å². The van der Waals surface area contributed by atoms with Gasteiger partial charge in [-0.25, -0.2) is 0 Å². The number of hydrogen-bond donors (Lipinski definition) is 1. The van der Waals surface area contributed by atoms with E-state index in [0.717, 1.165) is 17.7 Å². The lowest BCUT2D eigenvalue weighted by Crippen LogP contribution is -2.13. The number of furan rings is 1. The summed E-state index contributed by atoms with van der Waals surface area (Å²) >= 11 is 0. The van der Waals surface area contributed by atoms with Gasteiger partial charge in [0.1, 0.15) is 5.76 Å². The molecule has 0 aliphatic heterocycles. The molecule has 0 saturated heterocycles. The molecule has 0 spiro atoms. The normalized spacial score (nSPS) is 11.8. The molecular weight excluding hydrogens is 344 g/mol. The molecule has 0 fully saturated rings. The highest BCUT2D eigenvalue weighted by atomic mass is 16.6. The molecule has 1 heterocycles. The van der Waals surface area contributed by atoms with E-state index in [-0.39, 0.29) is 17.2 Å². The molecular formula is C21H20N2O4. The molecule has 3 rings (SSSR count). The Hall–Kier alpha value is -3.41. The first kappa shape index (κ1) is 18.4. The maximum absolute atomic E-state index is 12.6. The zero-order valence-electron chi connectivity index (χ0n) is 15.1. The Bertz CT molecular complexity index is 978. The van der Waals surface area contributed by atoms with Crippen molar-refractivity contribution in [1.29, 1.82) is 0 Å². The fourth-order valence-electron chi connectivity index (χ4n) is 2.89. The number of para-hydroxylation sites is 2. The van der Waals surface area contributed by atoms with E-state index in [1.165, 1.54) is 12.1 Å². The van der Waals surface area contributed by atoms with Crippen molar-refractivity contribution >= 4 is 17.3 Å². The predicted octanol–water partition coefficient (Wildman–Crippen LogP) is 5.62. The van der Waals surface area contributed by atoms with E-state index in [4.69, 9.17) is 4.42 Å². The maximum Gasteiger partial charge on any atom is 0.291 e. The van der Waals surface area contributed by atoms with E-state index in [1.807, 2.05) is 24.3 Å². The Balaban J connectivity index is 1.86. The average molecular weight is 364 g/mol. The van der Waals surface area contributed by atoms with Gasteiger partial charge in [-0.3, -0.25) is 14.9 Å². The SMILES string of the molecule is CC[C@@H](C)c1ccccc1NC(=O)c1ccc(-c2ccccc2[N+](=O)[O-])o1. The number of nitro groups is 1. The van der Waals surface area contributed by atoms with Gasteiger partial charge in [0.2, 0.25) is 0 Å². The molecule has 1 atom stereocenters. The minimum atomic E-state index is -0.472. The summed E-state index contributed by atoms with van der Waals surface area (Å²) in [6, 6.07) is 17.0.